The van der Waals surface area contributed by atoms with Crippen molar-refractivity contribution >= 4 is 0 Å². The van der Waals surface area contributed by atoms with Crippen molar-refractivity contribution in [1.29, 1.82) is 0 Å². The molecule has 0 saturated carbocycles. The van der Waals surface area contributed by atoms with Crippen LogP contribution in [0, 0.1) is 0 Å². The average molecular weight is 667 g/mol. The van der Waals surface area contributed by atoms with Gasteiger partial charge in [-0.1, -0.05) is 0 Å². The smallest absolute Gasteiger partial charge is 0.187 e. The number of aliphatic hydroxyl groups excluding tert-OH is 14. The molecule has 0 aromatic carbocycles. The fraction of sp³-hybridized carbons (Fsp3) is 1.00. The summed E-state index contributed by atoms with van der Waals surface area (Å²) in [6.07, 6.45) is -36.4. The molecule has 0 radical (unpaired) electrons. The highest BCUT2D eigenvalue weighted by Crippen LogP contribution is 2.36. The molecular formula is C24H42O21. The first-order valence-corrected chi connectivity index (χ1v) is 14.1. The Kier molecular flexibility index (Phi) is 12.8. The first-order valence-electron chi connectivity index (χ1n) is 14.1. The molecule has 4 aliphatic rings. The topological polar surface area (TPSA) is 348 Å². The molecule has 21 nitrogen and oxygen atoms in total. The molecule has 0 aromatic rings. The van der Waals surface area contributed by atoms with E-state index < -0.39 is 149 Å². The predicted octanol–water partition coefficient (Wildman–Crippen LogP) is -9.75. The minimum absolute atomic E-state index is 0.805. The largest absolute Gasteiger partial charge is 0.394 e. The quantitative estimate of drug-likeness (QED) is 0.0973. The summed E-state index contributed by atoms with van der Waals surface area (Å²) >= 11 is 0. The molecule has 4 fully saturated rings. The Hall–Kier alpha value is -0.840. The molecule has 14 N–H and O–H groups in total. The maximum absolute atomic E-state index is 11.1. The number of hydrogen-bond acceptors (Lipinski definition) is 21. The van der Waals surface area contributed by atoms with Crippen LogP contribution in [0.1, 0.15) is 0 Å². The van der Waals surface area contributed by atoms with Crippen molar-refractivity contribution in [3.8, 4) is 0 Å². The Morgan fingerprint density at radius 1 is 0.444 bits per heavy atom. The lowest BCUT2D eigenvalue weighted by Crippen LogP contribution is -2.67. The van der Waals surface area contributed by atoms with E-state index in [1.807, 2.05) is 0 Å². The third kappa shape index (κ3) is 7.44. The van der Waals surface area contributed by atoms with E-state index in [0.29, 0.717) is 0 Å². The van der Waals surface area contributed by atoms with Gasteiger partial charge >= 0.3 is 0 Å². The summed E-state index contributed by atoms with van der Waals surface area (Å²) in [5.41, 5.74) is 0. The summed E-state index contributed by atoms with van der Waals surface area (Å²) in [6.45, 7) is -3.49. The zero-order valence-electron chi connectivity index (χ0n) is 23.5. The Morgan fingerprint density at radius 3 is 1.51 bits per heavy atom. The summed E-state index contributed by atoms with van der Waals surface area (Å²) in [4.78, 5) is 0. The third-order valence-electron chi connectivity index (χ3n) is 8.19. The van der Waals surface area contributed by atoms with Gasteiger partial charge in [0, 0.05) is 0 Å². The number of ether oxygens (including phenoxy) is 7. The van der Waals surface area contributed by atoms with E-state index in [1.54, 1.807) is 0 Å². The summed E-state index contributed by atoms with van der Waals surface area (Å²) in [7, 11) is 0. The number of hydrogen-bond donors (Lipinski definition) is 14. The highest BCUT2D eigenvalue weighted by Gasteiger charge is 2.57. The maximum Gasteiger partial charge on any atom is 0.187 e. The molecule has 0 spiro atoms. The van der Waals surface area contributed by atoms with E-state index in [4.69, 9.17) is 33.2 Å². The standard InChI is InChI=1S/C24H42O21/c25-1-5(29)17-14(35)16(37)23(42-17)43-18-11(32)8(4-28)41-24(44-19-13(34)10(31)6(2-26)39-21(19)38)20(18)45-22-15(36)12(33)9(30)7(3-27)40-22/h5-38H,1-4H2/t5-,6-,7-,8-,9-,10-,11-,12+,13+,14-,15+,16-,17+,18+,19+,20+,21+,22-,23-,24-/m1/s1. The lowest BCUT2D eigenvalue weighted by Gasteiger charge is -2.49. The molecule has 0 aromatic heterocycles. The predicted molar refractivity (Wildman–Crippen MR) is 134 cm³/mol. The Morgan fingerprint density at radius 2 is 0.911 bits per heavy atom. The van der Waals surface area contributed by atoms with Crippen LogP contribution in [0.4, 0.5) is 0 Å². The van der Waals surface area contributed by atoms with Crippen LogP contribution in [-0.2, 0) is 33.2 Å². The molecule has 45 heavy (non-hydrogen) atoms. The summed E-state index contributed by atoms with van der Waals surface area (Å²) < 4.78 is 38.5. The SMILES string of the molecule is OC[C@@H](O)[C@@H]1O[C@H](O[C@H]2[C@H](O)[C@@H](CO)O[C@H](O[C@H]3[C@@H](O)[C@H](O)[C@@H](CO)O[C@@H]3O)[C@H]2O[C@H]2O[C@H](CO)[C@@H](O)[C@H](O)[C@@H]2O)[C@H](O)[C@H]1O. The molecule has 0 aliphatic carbocycles. The van der Waals surface area contributed by atoms with Crippen molar-refractivity contribution in [1.82, 2.24) is 0 Å². The van der Waals surface area contributed by atoms with E-state index in [1.165, 1.54) is 0 Å². The van der Waals surface area contributed by atoms with Crippen LogP contribution in [-0.4, -0.2) is 221 Å². The third-order valence-corrected chi connectivity index (χ3v) is 8.19. The second kappa shape index (κ2) is 15.6. The van der Waals surface area contributed by atoms with Gasteiger partial charge in [-0.2, -0.15) is 0 Å². The number of rotatable bonds is 11. The fourth-order valence-corrected chi connectivity index (χ4v) is 5.52. The molecular weight excluding hydrogens is 624 g/mol. The van der Waals surface area contributed by atoms with Gasteiger partial charge in [0.05, 0.1) is 26.4 Å². The zero-order chi connectivity index (χ0) is 33.3. The van der Waals surface area contributed by atoms with Gasteiger partial charge in [-0.3, -0.25) is 0 Å². The second-order valence-electron chi connectivity index (χ2n) is 11.1. The minimum atomic E-state index is -2.03. The van der Waals surface area contributed by atoms with E-state index in [2.05, 4.69) is 0 Å². The van der Waals surface area contributed by atoms with Crippen LogP contribution in [0.3, 0.4) is 0 Å². The van der Waals surface area contributed by atoms with Crippen molar-refractivity contribution in [2.75, 3.05) is 26.4 Å². The average Bonchev–Trinajstić information content (AvgIpc) is 3.31. The zero-order valence-corrected chi connectivity index (χ0v) is 23.5. The molecule has 4 aliphatic heterocycles. The molecule has 4 saturated heterocycles. The second-order valence-corrected chi connectivity index (χ2v) is 11.1. The van der Waals surface area contributed by atoms with Gasteiger partial charge in [0.25, 0.3) is 0 Å². The van der Waals surface area contributed by atoms with Crippen LogP contribution >= 0.6 is 0 Å². The van der Waals surface area contributed by atoms with Crippen molar-refractivity contribution in [2.45, 2.75) is 123 Å². The molecule has 0 unspecified atom stereocenters. The van der Waals surface area contributed by atoms with Crippen molar-refractivity contribution in [3.05, 3.63) is 0 Å². The molecule has 4 heterocycles. The van der Waals surface area contributed by atoms with E-state index in [-0.39, 0.29) is 0 Å². The van der Waals surface area contributed by atoms with Gasteiger partial charge in [0.1, 0.15) is 97.7 Å². The van der Waals surface area contributed by atoms with Gasteiger partial charge in [-0.05, 0) is 0 Å². The van der Waals surface area contributed by atoms with Crippen LogP contribution < -0.4 is 0 Å². The Balaban J connectivity index is 1.67. The normalized spacial score (nSPS) is 51.7. The maximum atomic E-state index is 11.1. The highest BCUT2D eigenvalue weighted by molar-refractivity contribution is 4.98. The monoisotopic (exact) mass is 666 g/mol. The first-order chi connectivity index (χ1) is 21.3. The molecule has 0 bridgehead atoms. The summed E-state index contributed by atoms with van der Waals surface area (Å²) in [5, 5.41) is 143. The highest BCUT2D eigenvalue weighted by atomic mass is 16.8. The van der Waals surface area contributed by atoms with Gasteiger partial charge in [-0.25, -0.2) is 0 Å². The van der Waals surface area contributed by atoms with Crippen molar-refractivity contribution in [2.24, 2.45) is 0 Å². The Bertz CT molecular complexity index is 916. The molecule has 20 atom stereocenters. The van der Waals surface area contributed by atoms with Crippen LogP contribution in [0.15, 0.2) is 0 Å². The molecule has 0 amide bonds. The van der Waals surface area contributed by atoms with E-state index in [9.17, 15) is 71.5 Å². The number of aliphatic hydroxyl groups is 14. The van der Waals surface area contributed by atoms with E-state index >= 15 is 0 Å². The molecule has 21 heteroatoms. The van der Waals surface area contributed by atoms with Gasteiger partial charge < -0.3 is 105 Å². The van der Waals surface area contributed by atoms with Crippen molar-refractivity contribution in [3.63, 3.8) is 0 Å². The molecule has 4 rings (SSSR count). The van der Waals surface area contributed by atoms with Gasteiger partial charge in [0.2, 0.25) is 0 Å². The van der Waals surface area contributed by atoms with Crippen LogP contribution in [0.25, 0.3) is 0 Å². The summed E-state index contributed by atoms with van der Waals surface area (Å²) in [5.74, 6) is 0. The van der Waals surface area contributed by atoms with Gasteiger partial charge in [0.15, 0.2) is 25.2 Å². The Labute approximate surface area is 254 Å². The lowest BCUT2D eigenvalue weighted by atomic mass is 9.96. The van der Waals surface area contributed by atoms with Crippen LogP contribution in [0.2, 0.25) is 0 Å². The van der Waals surface area contributed by atoms with E-state index in [0.717, 1.165) is 0 Å². The van der Waals surface area contributed by atoms with Crippen molar-refractivity contribution < 1.29 is 105 Å². The molecule has 264 valence electrons. The fourth-order valence-electron chi connectivity index (χ4n) is 5.52. The minimum Gasteiger partial charge on any atom is -0.394 e. The van der Waals surface area contributed by atoms with Crippen LogP contribution in [0.5, 0.6) is 0 Å². The lowest BCUT2D eigenvalue weighted by molar-refractivity contribution is -0.400. The first kappa shape index (κ1) is 37.0. The summed E-state index contributed by atoms with van der Waals surface area (Å²) in [6, 6.07) is 0. The van der Waals surface area contributed by atoms with Gasteiger partial charge in [-0.15, -0.1) is 0 Å².